The second-order valence-corrected chi connectivity index (χ2v) is 9.31. The number of nitrogens with zero attached hydrogens (tertiary/aromatic N) is 1. The first kappa shape index (κ1) is 18.7. The van der Waals surface area contributed by atoms with Crippen LogP contribution in [0.2, 0.25) is 0 Å². The molecular weight excluding hydrogens is 370 g/mol. The Morgan fingerprint density at radius 1 is 1.33 bits per heavy atom. The van der Waals surface area contributed by atoms with Crippen molar-refractivity contribution in [3.63, 3.8) is 0 Å². The molecule has 4 aliphatic rings. The molecule has 27 heavy (non-hydrogen) atoms. The number of aliphatic hydroxyl groups excluding tert-OH is 1. The zero-order valence-corrected chi connectivity index (χ0v) is 16.4. The topological polar surface area (TPSA) is 96.3 Å². The number of rotatable bonds is 1. The van der Waals surface area contributed by atoms with E-state index in [-0.39, 0.29) is 11.5 Å². The Bertz CT molecular complexity index is 890. The molecule has 7 nitrogen and oxygen atoms in total. The lowest BCUT2D eigenvalue weighted by molar-refractivity contribution is -0.0453. The monoisotopic (exact) mass is 395 g/mol. The van der Waals surface area contributed by atoms with Gasteiger partial charge in [0.15, 0.2) is 11.5 Å². The van der Waals surface area contributed by atoms with E-state index in [4.69, 9.17) is 14.0 Å². The summed E-state index contributed by atoms with van der Waals surface area (Å²) >= 11 is 0. The van der Waals surface area contributed by atoms with E-state index < -0.39 is 16.2 Å². The Balaban J connectivity index is 0.000000323. The van der Waals surface area contributed by atoms with Crippen LogP contribution in [0, 0.1) is 5.92 Å². The first-order valence-corrected chi connectivity index (χ1v) is 10.9. The van der Waals surface area contributed by atoms with Gasteiger partial charge >= 0.3 is 0 Å². The van der Waals surface area contributed by atoms with Crippen LogP contribution in [-0.2, 0) is 22.0 Å². The molecule has 2 bridgehead atoms. The number of hydrogen-bond donors (Lipinski definition) is 2. The zero-order chi connectivity index (χ0) is 19.6. The van der Waals surface area contributed by atoms with E-state index in [0.29, 0.717) is 18.2 Å². The summed E-state index contributed by atoms with van der Waals surface area (Å²) in [5.74, 6) is 2.09. The molecule has 1 aromatic carbocycles. The average molecular weight is 395 g/mol. The van der Waals surface area contributed by atoms with Crippen molar-refractivity contribution < 1.29 is 27.6 Å². The van der Waals surface area contributed by atoms with Crippen molar-refractivity contribution in [2.75, 3.05) is 27.0 Å². The number of ether oxygens (including phenoxy) is 2. The fraction of sp³-hybridized carbons (Fsp3) is 0.579. The van der Waals surface area contributed by atoms with E-state index >= 15 is 0 Å². The van der Waals surface area contributed by atoms with Crippen LogP contribution in [0.4, 0.5) is 0 Å². The molecule has 0 aromatic heterocycles. The van der Waals surface area contributed by atoms with Gasteiger partial charge in [-0.25, -0.2) is 0 Å². The lowest BCUT2D eigenvalue weighted by Gasteiger charge is -2.56. The molecule has 1 fully saturated rings. The summed E-state index contributed by atoms with van der Waals surface area (Å²) in [4.78, 5) is 2.47. The van der Waals surface area contributed by atoms with Crippen LogP contribution in [0.15, 0.2) is 24.3 Å². The van der Waals surface area contributed by atoms with E-state index in [0.717, 1.165) is 30.9 Å². The third-order valence-corrected chi connectivity index (χ3v) is 6.35. The molecule has 148 valence electrons. The fourth-order valence-electron chi connectivity index (χ4n) is 5.39. The minimum atomic E-state index is -3.67. The highest BCUT2D eigenvalue weighted by Gasteiger charge is 2.64. The Labute approximate surface area is 159 Å². The van der Waals surface area contributed by atoms with Crippen molar-refractivity contribution in [1.82, 2.24) is 4.90 Å². The Hall–Kier alpha value is -1.61. The van der Waals surface area contributed by atoms with Crippen LogP contribution in [-0.4, -0.2) is 68.2 Å². The summed E-state index contributed by atoms with van der Waals surface area (Å²) in [5, 5.41) is 10.6. The van der Waals surface area contributed by atoms with Crippen LogP contribution in [0.1, 0.15) is 17.5 Å². The van der Waals surface area contributed by atoms with Crippen molar-refractivity contribution >= 4 is 10.1 Å². The maximum atomic E-state index is 10.6. The van der Waals surface area contributed by atoms with Gasteiger partial charge in [0, 0.05) is 22.9 Å². The third-order valence-electron chi connectivity index (χ3n) is 6.35. The normalized spacial score (nSPS) is 35.6. The molecular formula is C19H25NO6S. The molecule has 2 aliphatic carbocycles. The quantitative estimate of drug-likeness (QED) is 0.541. The van der Waals surface area contributed by atoms with Gasteiger partial charge in [0.05, 0.1) is 13.4 Å². The summed E-state index contributed by atoms with van der Waals surface area (Å²) in [6, 6.07) is 4.70. The maximum absolute atomic E-state index is 10.6. The molecule has 0 radical (unpaired) electrons. The molecule has 8 heteroatoms. The summed E-state index contributed by atoms with van der Waals surface area (Å²) in [7, 11) is 0.240. The van der Waals surface area contributed by atoms with E-state index in [2.05, 4.69) is 24.1 Å². The predicted molar refractivity (Wildman–Crippen MR) is 99.9 cm³/mol. The first-order valence-electron chi connectivity index (χ1n) is 9.03. The van der Waals surface area contributed by atoms with Crippen LogP contribution < -0.4 is 9.47 Å². The zero-order valence-electron chi connectivity index (χ0n) is 15.6. The molecule has 2 N–H and O–H groups in total. The molecule has 2 heterocycles. The van der Waals surface area contributed by atoms with Gasteiger partial charge in [0.2, 0.25) is 0 Å². The lowest BCUT2D eigenvalue weighted by atomic mass is 9.53. The molecule has 5 rings (SSSR count). The average Bonchev–Trinajstić information content (AvgIpc) is 2.93. The number of benzene rings is 1. The molecule has 0 unspecified atom stereocenters. The molecule has 1 aromatic rings. The minimum absolute atomic E-state index is 0.0806. The largest absolute Gasteiger partial charge is 0.493 e. The van der Waals surface area contributed by atoms with Crippen LogP contribution in [0.25, 0.3) is 0 Å². The Morgan fingerprint density at radius 3 is 2.70 bits per heavy atom. The van der Waals surface area contributed by atoms with Crippen molar-refractivity contribution in [3.05, 3.63) is 35.4 Å². The number of likely N-dealkylation sites (N-methyl/N-ethyl adjacent to an activating group) is 1. The molecule has 2 aliphatic heterocycles. The van der Waals surface area contributed by atoms with Crippen molar-refractivity contribution in [3.8, 4) is 11.5 Å². The van der Waals surface area contributed by atoms with E-state index in [9.17, 15) is 13.5 Å². The van der Waals surface area contributed by atoms with Gasteiger partial charge in [-0.1, -0.05) is 18.2 Å². The lowest BCUT2D eigenvalue weighted by Crippen LogP contribution is -2.64. The predicted octanol–water partition coefficient (Wildman–Crippen LogP) is 1.01. The molecule has 1 saturated heterocycles. The molecule has 0 saturated carbocycles. The minimum Gasteiger partial charge on any atom is -0.493 e. The summed E-state index contributed by atoms with van der Waals surface area (Å²) in [6.07, 6.45) is 6.25. The smallest absolute Gasteiger partial charge is 0.261 e. The van der Waals surface area contributed by atoms with Gasteiger partial charge < -0.3 is 19.5 Å². The number of likely N-dealkylation sites (tertiary alicyclic amines) is 1. The SMILES string of the molecule is COc1ccc2c3c1O[C@H]1[C@@H](O)C=C[C@H]4[C@@H](C2)N(C)CC[C@@]341.CS(=O)(=O)O. The highest BCUT2D eigenvalue weighted by Crippen LogP contribution is 2.62. The highest BCUT2D eigenvalue weighted by molar-refractivity contribution is 7.85. The summed E-state index contributed by atoms with van der Waals surface area (Å²) in [6.45, 7) is 1.05. The van der Waals surface area contributed by atoms with Gasteiger partial charge in [-0.2, -0.15) is 8.42 Å². The summed E-state index contributed by atoms with van der Waals surface area (Å²) in [5.41, 5.74) is 2.60. The summed E-state index contributed by atoms with van der Waals surface area (Å²) < 4.78 is 37.7. The van der Waals surface area contributed by atoms with Gasteiger partial charge in [-0.15, -0.1) is 0 Å². The van der Waals surface area contributed by atoms with Gasteiger partial charge in [0.25, 0.3) is 10.1 Å². The maximum Gasteiger partial charge on any atom is 0.261 e. The molecule has 1 spiro atoms. The fourth-order valence-corrected chi connectivity index (χ4v) is 5.39. The third kappa shape index (κ3) is 2.77. The van der Waals surface area contributed by atoms with Gasteiger partial charge in [0.1, 0.15) is 12.2 Å². The number of aliphatic hydroxyl groups is 1. The van der Waals surface area contributed by atoms with Crippen LogP contribution in [0.3, 0.4) is 0 Å². The second kappa shape index (κ2) is 6.20. The van der Waals surface area contributed by atoms with E-state index in [1.807, 2.05) is 12.1 Å². The molecule has 0 amide bonds. The number of piperidine rings is 1. The van der Waals surface area contributed by atoms with Crippen molar-refractivity contribution in [1.29, 1.82) is 0 Å². The number of hydrogen-bond acceptors (Lipinski definition) is 6. The molecule has 5 atom stereocenters. The Kier molecular flexibility index (Phi) is 4.30. The standard InChI is InChI=1S/C18H21NO3.CH4O3S/c1-19-8-7-18-11-4-5-13(20)17(18)22-16-14(21-2)6-3-10(15(16)18)9-12(11)19;1-5(2,3)4/h3-6,11-13,17,20H,7-9H2,1-2H3;1H3,(H,2,3,4)/t11-,12+,13-,17-,18-;/m0./s1. The Morgan fingerprint density at radius 2 is 2.04 bits per heavy atom. The second-order valence-electron chi connectivity index (χ2n) is 7.85. The first-order chi connectivity index (χ1) is 12.7. The van der Waals surface area contributed by atoms with Gasteiger partial charge in [-0.05, 0) is 38.1 Å². The highest BCUT2D eigenvalue weighted by atomic mass is 32.2. The van der Waals surface area contributed by atoms with Crippen LogP contribution >= 0.6 is 0 Å². The van der Waals surface area contributed by atoms with E-state index in [1.54, 1.807) is 7.11 Å². The van der Waals surface area contributed by atoms with Crippen molar-refractivity contribution in [2.24, 2.45) is 5.92 Å². The van der Waals surface area contributed by atoms with Crippen molar-refractivity contribution in [2.45, 2.75) is 36.5 Å². The van der Waals surface area contributed by atoms with Gasteiger partial charge in [-0.3, -0.25) is 4.55 Å². The number of methoxy groups -OCH3 is 1. The van der Waals surface area contributed by atoms with Crippen LogP contribution in [0.5, 0.6) is 11.5 Å². The van der Waals surface area contributed by atoms with E-state index in [1.165, 1.54) is 11.1 Å².